The smallest absolute Gasteiger partial charge is 0.410 e. The predicted octanol–water partition coefficient (Wildman–Crippen LogP) is 3.26. The first-order valence-corrected chi connectivity index (χ1v) is 10.1. The summed E-state index contributed by atoms with van der Waals surface area (Å²) >= 11 is 1.32. The molecule has 7 nitrogen and oxygen atoms in total. The van der Waals surface area contributed by atoms with Gasteiger partial charge in [-0.3, -0.25) is 4.79 Å². The van der Waals surface area contributed by atoms with E-state index in [4.69, 9.17) is 17.0 Å². The molecule has 2 aromatic rings. The number of carbonyl (C=O) groups is 2. The van der Waals surface area contributed by atoms with Crippen molar-refractivity contribution in [2.45, 2.75) is 32.8 Å². The number of nitrogens with two attached hydrogens (primary N) is 1. The van der Waals surface area contributed by atoms with E-state index in [1.807, 2.05) is 45.0 Å². The maximum Gasteiger partial charge on any atom is 0.410 e. The second-order valence-corrected chi connectivity index (χ2v) is 8.86. The first kappa shape index (κ1) is 20.8. The lowest BCUT2D eigenvalue weighted by atomic mass is 10.1. The third-order valence-corrected chi connectivity index (χ3v) is 5.51. The van der Waals surface area contributed by atoms with Crippen molar-refractivity contribution in [3.8, 4) is 22.8 Å². The Bertz CT molecular complexity index is 940. The van der Waals surface area contributed by atoms with Crippen molar-refractivity contribution in [1.29, 1.82) is 0 Å². The SMILES string of the molecule is C#Cc1ccc(-c2cnc(N(N)C(=O)[C@H]3CCN(C(=O)OC(C)(C)C)C3)s2)cc1. The van der Waals surface area contributed by atoms with Crippen LogP contribution in [0.1, 0.15) is 32.8 Å². The van der Waals surface area contributed by atoms with Gasteiger partial charge in [0.1, 0.15) is 5.60 Å². The zero-order chi connectivity index (χ0) is 21.2. The van der Waals surface area contributed by atoms with E-state index in [1.54, 1.807) is 11.1 Å². The number of nitrogens with zero attached hydrogens (tertiary/aromatic N) is 3. The topological polar surface area (TPSA) is 88.8 Å². The number of anilines is 1. The highest BCUT2D eigenvalue weighted by Gasteiger charge is 2.35. The number of carbonyl (C=O) groups excluding carboxylic acids is 2. The fourth-order valence-electron chi connectivity index (χ4n) is 2.99. The average molecular weight is 413 g/mol. The van der Waals surface area contributed by atoms with Crippen LogP contribution in [0.2, 0.25) is 0 Å². The summed E-state index contributed by atoms with van der Waals surface area (Å²) in [5.41, 5.74) is 1.17. The number of terminal acetylenes is 1. The molecule has 1 fully saturated rings. The van der Waals surface area contributed by atoms with Gasteiger partial charge >= 0.3 is 6.09 Å². The molecule has 1 atom stereocenters. The average Bonchev–Trinajstić information content (AvgIpc) is 3.35. The lowest BCUT2D eigenvalue weighted by Crippen LogP contribution is -2.43. The fraction of sp³-hybridized carbons (Fsp3) is 0.381. The number of ether oxygens (including phenoxy) is 1. The van der Waals surface area contributed by atoms with Crippen molar-refractivity contribution < 1.29 is 14.3 Å². The molecule has 1 saturated heterocycles. The van der Waals surface area contributed by atoms with E-state index >= 15 is 0 Å². The molecule has 1 aliphatic heterocycles. The minimum absolute atomic E-state index is 0.264. The summed E-state index contributed by atoms with van der Waals surface area (Å²) in [7, 11) is 0. The summed E-state index contributed by atoms with van der Waals surface area (Å²) < 4.78 is 5.37. The van der Waals surface area contributed by atoms with Crippen molar-refractivity contribution >= 4 is 28.5 Å². The number of rotatable bonds is 3. The maximum absolute atomic E-state index is 12.8. The lowest BCUT2D eigenvalue weighted by molar-refractivity contribution is -0.122. The normalized spacial score (nSPS) is 16.4. The predicted molar refractivity (Wildman–Crippen MR) is 113 cm³/mol. The fourth-order valence-corrected chi connectivity index (χ4v) is 3.84. The van der Waals surface area contributed by atoms with Crippen molar-refractivity contribution in [3.63, 3.8) is 0 Å². The molecule has 1 aliphatic rings. The highest BCUT2D eigenvalue weighted by molar-refractivity contribution is 7.19. The highest BCUT2D eigenvalue weighted by Crippen LogP contribution is 2.31. The van der Waals surface area contributed by atoms with Crippen molar-refractivity contribution in [2.75, 3.05) is 18.1 Å². The molecule has 0 radical (unpaired) electrons. The molecule has 2 N–H and O–H groups in total. The van der Waals surface area contributed by atoms with Crippen LogP contribution < -0.4 is 10.9 Å². The third-order valence-electron chi connectivity index (χ3n) is 4.46. The van der Waals surface area contributed by atoms with Crippen LogP contribution in [0.5, 0.6) is 0 Å². The number of hydrogen-bond acceptors (Lipinski definition) is 6. The van der Waals surface area contributed by atoms with Crippen molar-refractivity contribution in [3.05, 3.63) is 36.0 Å². The van der Waals surface area contributed by atoms with Gasteiger partial charge in [-0.1, -0.05) is 29.4 Å². The van der Waals surface area contributed by atoms with E-state index in [0.717, 1.165) is 21.0 Å². The van der Waals surface area contributed by atoms with Gasteiger partial charge in [-0.25, -0.2) is 20.6 Å². The van der Waals surface area contributed by atoms with Gasteiger partial charge in [-0.2, -0.15) is 0 Å². The molecule has 3 rings (SSSR count). The van der Waals surface area contributed by atoms with Gasteiger partial charge < -0.3 is 9.64 Å². The molecule has 2 heterocycles. The Morgan fingerprint density at radius 2 is 2.03 bits per heavy atom. The van der Waals surface area contributed by atoms with Crippen LogP contribution in [-0.2, 0) is 9.53 Å². The number of benzene rings is 1. The van der Waals surface area contributed by atoms with E-state index in [9.17, 15) is 9.59 Å². The molecule has 152 valence electrons. The Labute approximate surface area is 174 Å². The molecule has 0 unspecified atom stereocenters. The molecular formula is C21H24N4O3S. The van der Waals surface area contributed by atoms with Crippen LogP contribution in [0.15, 0.2) is 30.5 Å². The number of likely N-dealkylation sites (tertiary alicyclic amines) is 1. The number of hydrogen-bond donors (Lipinski definition) is 1. The minimum atomic E-state index is -0.575. The summed E-state index contributed by atoms with van der Waals surface area (Å²) in [5, 5.41) is 1.48. The zero-order valence-electron chi connectivity index (χ0n) is 16.7. The maximum atomic E-state index is 12.8. The minimum Gasteiger partial charge on any atom is -0.444 e. The van der Waals surface area contributed by atoms with Gasteiger partial charge in [0.15, 0.2) is 0 Å². The zero-order valence-corrected chi connectivity index (χ0v) is 17.5. The molecule has 1 aromatic heterocycles. The lowest BCUT2D eigenvalue weighted by Gasteiger charge is -2.24. The van der Waals surface area contributed by atoms with E-state index in [2.05, 4.69) is 10.9 Å². The van der Waals surface area contributed by atoms with Gasteiger partial charge in [0.2, 0.25) is 11.0 Å². The molecule has 1 aromatic carbocycles. The first-order valence-electron chi connectivity index (χ1n) is 9.27. The Kier molecular flexibility index (Phi) is 5.91. The van der Waals surface area contributed by atoms with Gasteiger partial charge in [-0.15, -0.1) is 6.42 Å². The number of hydrazine groups is 1. The molecule has 0 aliphatic carbocycles. The summed E-state index contributed by atoms with van der Waals surface area (Å²) in [6.45, 7) is 6.18. The molecule has 8 heteroatoms. The monoisotopic (exact) mass is 412 g/mol. The van der Waals surface area contributed by atoms with Crippen LogP contribution in [0.3, 0.4) is 0 Å². The van der Waals surface area contributed by atoms with E-state index in [0.29, 0.717) is 18.1 Å². The standard InChI is InChI=1S/C21H24N4O3S/c1-5-14-6-8-15(9-7-14)17-12-23-19(29-17)25(22)18(26)16-10-11-24(13-16)20(27)28-21(2,3)4/h1,6-9,12,16H,10-11,13,22H2,2-4H3/t16-/m0/s1. The van der Waals surface area contributed by atoms with Crippen LogP contribution in [0, 0.1) is 18.3 Å². The second-order valence-electron chi connectivity index (χ2n) is 7.85. The van der Waals surface area contributed by atoms with Gasteiger partial charge in [0, 0.05) is 24.8 Å². The highest BCUT2D eigenvalue weighted by atomic mass is 32.1. The van der Waals surface area contributed by atoms with Crippen molar-refractivity contribution in [2.24, 2.45) is 11.8 Å². The summed E-state index contributed by atoms with van der Waals surface area (Å²) in [5.74, 6) is 7.98. The Balaban J connectivity index is 1.64. The number of thiazole rings is 1. The summed E-state index contributed by atoms with van der Waals surface area (Å²) in [6, 6.07) is 7.52. The summed E-state index contributed by atoms with van der Waals surface area (Å²) in [4.78, 5) is 31.7. The molecule has 0 saturated carbocycles. The molecule has 2 amide bonds. The Morgan fingerprint density at radius 3 is 2.66 bits per heavy atom. The Hall–Kier alpha value is -2.89. The van der Waals surface area contributed by atoms with Crippen molar-refractivity contribution in [1.82, 2.24) is 9.88 Å². The van der Waals surface area contributed by atoms with Gasteiger partial charge in [-0.05, 0) is 44.9 Å². The van der Waals surface area contributed by atoms with E-state index < -0.39 is 11.7 Å². The first-order chi connectivity index (χ1) is 13.7. The van der Waals surface area contributed by atoms with E-state index in [1.165, 1.54) is 11.3 Å². The largest absolute Gasteiger partial charge is 0.444 e. The summed E-state index contributed by atoms with van der Waals surface area (Å²) in [6.07, 6.45) is 7.19. The van der Waals surface area contributed by atoms with Gasteiger partial charge in [0.05, 0.1) is 10.8 Å². The molecule has 29 heavy (non-hydrogen) atoms. The molecule has 0 bridgehead atoms. The quantitative estimate of drug-likeness (QED) is 0.362. The van der Waals surface area contributed by atoms with E-state index in [-0.39, 0.29) is 18.4 Å². The Morgan fingerprint density at radius 1 is 1.34 bits per heavy atom. The number of amides is 2. The van der Waals surface area contributed by atoms with Gasteiger partial charge in [0.25, 0.3) is 0 Å². The second kappa shape index (κ2) is 8.23. The van der Waals surface area contributed by atoms with Crippen LogP contribution in [0.4, 0.5) is 9.93 Å². The van der Waals surface area contributed by atoms with Crippen LogP contribution in [0.25, 0.3) is 10.4 Å². The molecule has 0 spiro atoms. The van der Waals surface area contributed by atoms with Crippen LogP contribution >= 0.6 is 11.3 Å². The van der Waals surface area contributed by atoms with Crippen LogP contribution in [-0.4, -0.2) is 40.6 Å². The number of aromatic nitrogens is 1. The third kappa shape index (κ3) is 4.94. The molecular weight excluding hydrogens is 388 g/mol.